The summed E-state index contributed by atoms with van der Waals surface area (Å²) in [5.41, 5.74) is 0.372. The lowest BCUT2D eigenvalue weighted by Crippen LogP contribution is -2.15. The van der Waals surface area contributed by atoms with Crippen molar-refractivity contribution >= 4 is 22.6 Å². The molecule has 0 unspecified atom stereocenters. The van der Waals surface area contributed by atoms with Gasteiger partial charge < -0.3 is 5.32 Å². The van der Waals surface area contributed by atoms with Gasteiger partial charge in [0.05, 0.1) is 11.1 Å². The maximum Gasteiger partial charge on any atom is 0.416 e. The first-order valence-electron chi connectivity index (χ1n) is 8.43. The number of nitrogens with zero attached hydrogens (tertiary/aromatic N) is 4. The molecule has 9 heteroatoms. The van der Waals surface area contributed by atoms with E-state index in [1.807, 2.05) is 0 Å². The van der Waals surface area contributed by atoms with E-state index in [0.717, 1.165) is 12.1 Å². The van der Waals surface area contributed by atoms with Crippen LogP contribution in [0, 0.1) is 0 Å². The third-order valence-corrected chi connectivity index (χ3v) is 4.15. The molecule has 144 valence electrons. The van der Waals surface area contributed by atoms with Crippen molar-refractivity contribution in [1.82, 2.24) is 20.2 Å². The number of carbonyl (C=O) groups is 1. The number of aromatic nitrogens is 4. The van der Waals surface area contributed by atoms with Crippen molar-refractivity contribution in [2.24, 2.45) is 0 Å². The highest BCUT2D eigenvalue weighted by molar-refractivity contribution is 6.04. The van der Waals surface area contributed by atoms with E-state index in [0.29, 0.717) is 22.0 Å². The number of fused-ring (bicyclic) bond motifs is 1. The second-order valence-electron chi connectivity index (χ2n) is 6.10. The maximum absolute atomic E-state index is 13.1. The van der Waals surface area contributed by atoms with Gasteiger partial charge in [-0.15, -0.1) is 5.10 Å². The summed E-state index contributed by atoms with van der Waals surface area (Å²) in [6.45, 7) is 0. The predicted octanol–water partition coefficient (Wildman–Crippen LogP) is 4.36. The van der Waals surface area contributed by atoms with Gasteiger partial charge >= 0.3 is 6.18 Å². The van der Waals surface area contributed by atoms with E-state index in [2.05, 4.69) is 25.5 Å². The van der Waals surface area contributed by atoms with Gasteiger partial charge in [0.15, 0.2) is 5.82 Å². The average molecular weight is 395 g/mol. The minimum Gasteiger partial charge on any atom is -0.304 e. The standard InChI is InChI=1S/C20H12F3N5O/c21-20(22,23)14-4-1-3-12(9-14)15-11-24-10-13-6-7-16(26-18(13)15)19(29)27-17-5-2-8-25-28-17/h1-11H,(H,27,28,29). The summed E-state index contributed by atoms with van der Waals surface area (Å²) in [6, 6.07) is 11.2. The molecule has 4 aromatic rings. The molecule has 1 amide bonds. The summed E-state index contributed by atoms with van der Waals surface area (Å²) < 4.78 is 39.2. The Morgan fingerprint density at radius 1 is 1.00 bits per heavy atom. The normalized spacial score (nSPS) is 11.4. The van der Waals surface area contributed by atoms with Gasteiger partial charge in [-0.25, -0.2) is 4.98 Å². The average Bonchev–Trinajstić information content (AvgIpc) is 2.73. The molecule has 0 saturated heterocycles. The lowest BCUT2D eigenvalue weighted by Gasteiger charge is -2.11. The highest BCUT2D eigenvalue weighted by Gasteiger charge is 2.30. The van der Waals surface area contributed by atoms with Gasteiger partial charge in [0, 0.05) is 29.5 Å². The number of hydrogen-bond acceptors (Lipinski definition) is 5. The molecule has 3 heterocycles. The van der Waals surface area contributed by atoms with Gasteiger partial charge in [-0.05, 0) is 42.0 Å². The van der Waals surface area contributed by atoms with E-state index in [1.165, 1.54) is 30.7 Å². The molecule has 0 atom stereocenters. The van der Waals surface area contributed by atoms with Gasteiger partial charge in [0.1, 0.15) is 5.69 Å². The molecule has 3 aromatic heterocycles. The van der Waals surface area contributed by atoms with Crippen molar-refractivity contribution in [3.05, 3.63) is 78.4 Å². The number of rotatable bonds is 3. The molecule has 0 fully saturated rings. The van der Waals surface area contributed by atoms with Crippen molar-refractivity contribution in [1.29, 1.82) is 0 Å². The Hall–Kier alpha value is -3.88. The number of alkyl halides is 3. The summed E-state index contributed by atoms with van der Waals surface area (Å²) in [7, 11) is 0. The molecule has 29 heavy (non-hydrogen) atoms. The lowest BCUT2D eigenvalue weighted by atomic mass is 10.0. The minimum atomic E-state index is -4.47. The Kier molecular flexibility index (Phi) is 4.63. The predicted molar refractivity (Wildman–Crippen MR) is 100.0 cm³/mol. The third-order valence-electron chi connectivity index (χ3n) is 4.15. The molecule has 4 rings (SSSR count). The molecule has 1 aromatic carbocycles. The van der Waals surface area contributed by atoms with Crippen molar-refractivity contribution < 1.29 is 18.0 Å². The summed E-state index contributed by atoms with van der Waals surface area (Å²) >= 11 is 0. The van der Waals surface area contributed by atoms with Crippen molar-refractivity contribution in [3.8, 4) is 11.1 Å². The van der Waals surface area contributed by atoms with Gasteiger partial charge in [-0.2, -0.15) is 18.3 Å². The summed E-state index contributed by atoms with van der Waals surface area (Å²) in [4.78, 5) is 20.9. The maximum atomic E-state index is 13.1. The van der Waals surface area contributed by atoms with Crippen molar-refractivity contribution in [2.45, 2.75) is 6.18 Å². The van der Waals surface area contributed by atoms with Crippen LogP contribution in [0.1, 0.15) is 16.1 Å². The highest BCUT2D eigenvalue weighted by atomic mass is 19.4. The van der Waals surface area contributed by atoms with Crippen LogP contribution in [-0.2, 0) is 6.18 Å². The van der Waals surface area contributed by atoms with E-state index in [-0.39, 0.29) is 11.5 Å². The van der Waals surface area contributed by atoms with Gasteiger partial charge in [0.2, 0.25) is 0 Å². The lowest BCUT2D eigenvalue weighted by molar-refractivity contribution is -0.137. The zero-order valence-electron chi connectivity index (χ0n) is 14.7. The van der Waals surface area contributed by atoms with Crippen LogP contribution in [0.25, 0.3) is 22.0 Å². The molecule has 0 aliphatic carbocycles. The molecule has 6 nitrogen and oxygen atoms in total. The van der Waals surface area contributed by atoms with Gasteiger partial charge in [0.25, 0.3) is 5.91 Å². The number of benzene rings is 1. The number of amides is 1. The fraction of sp³-hybridized carbons (Fsp3) is 0.0500. The van der Waals surface area contributed by atoms with E-state index in [9.17, 15) is 18.0 Å². The van der Waals surface area contributed by atoms with Crippen LogP contribution in [0.4, 0.5) is 19.0 Å². The molecular weight excluding hydrogens is 383 g/mol. The molecule has 0 aliphatic rings. The first-order chi connectivity index (χ1) is 13.9. The Morgan fingerprint density at radius 3 is 2.62 bits per heavy atom. The summed E-state index contributed by atoms with van der Waals surface area (Å²) in [5.74, 6) is -0.258. The van der Waals surface area contributed by atoms with Crippen molar-refractivity contribution in [3.63, 3.8) is 0 Å². The Bertz CT molecular complexity index is 1200. The Labute approximate surface area is 162 Å². The zero-order chi connectivity index (χ0) is 20.4. The van der Waals surface area contributed by atoms with Crippen LogP contribution >= 0.6 is 0 Å². The number of hydrogen-bond donors (Lipinski definition) is 1. The molecule has 0 radical (unpaired) electrons. The second-order valence-corrected chi connectivity index (χ2v) is 6.10. The quantitative estimate of drug-likeness (QED) is 0.558. The molecule has 0 spiro atoms. The smallest absolute Gasteiger partial charge is 0.304 e. The third kappa shape index (κ3) is 3.88. The summed E-state index contributed by atoms with van der Waals surface area (Å²) in [5, 5.41) is 10.6. The highest BCUT2D eigenvalue weighted by Crippen LogP contribution is 2.33. The van der Waals surface area contributed by atoms with Crippen molar-refractivity contribution in [2.75, 3.05) is 5.32 Å². The van der Waals surface area contributed by atoms with Gasteiger partial charge in [-0.1, -0.05) is 12.1 Å². The number of carbonyl (C=O) groups excluding carboxylic acids is 1. The van der Waals surface area contributed by atoms with Crippen LogP contribution in [-0.4, -0.2) is 26.1 Å². The zero-order valence-corrected chi connectivity index (χ0v) is 14.7. The summed E-state index contributed by atoms with van der Waals surface area (Å²) in [6.07, 6.45) is -0.0412. The topological polar surface area (TPSA) is 80.7 Å². The first-order valence-corrected chi connectivity index (χ1v) is 8.43. The van der Waals surface area contributed by atoms with Gasteiger partial charge in [-0.3, -0.25) is 9.78 Å². The van der Waals surface area contributed by atoms with Crippen LogP contribution in [0.3, 0.4) is 0 Å². The minimum absolute atomic E-state index is 0.0857. The molecule has 0 bridgehead atoms. The molecule has 0 saturated carbocycles. The first kappa shape index (κ1) is 18.5. The van der Waals surface area contributed by atoms with Crippen LogP contribution in [0.2, 0.25) is 0 Å². The van der Waals surface area contributed by atoms with E-state index in [4.69, 9.17) is 0 Å². The van der Waals surface area contributed by atoms with Crippen LogP contribution in [0.15, 0.2) is 67.1 Å². The molecule has 0 aliphatic heterocycles. The van der Waals surface area contributed by atoms with Crippen LogP contribution < -0.4 is 5.32 Å². The van der Waals surface area contributed by atoms with Crippen LogP contribution in [0.5, 0.6) is 0 Å². The fourth-order valence-electron chi connectivity index (χ4n) is 2.79. The van der Waals surface area contributed by atoms with E-state index < -0.39 is 17.6 Å². The van der Waals surface area contributed by atoms with E-state index >= 15 is 0 Å². The SMILES string of the molecule is O=C(Nc1cccnn1)c1ccc2cncc(-c3cccc(C(F)(F)F)c3)c2n1. The molecule has 1 N–H and O–H groups in total. The number of anilines is 1. The number of nitrogens with one attached hydrogen (secondary N) is 1. The second kappa shape index (κ2) is 7.27. The monoisotopic (exact) mass is 395 g/mol. The Balaban J connectivity index is 1.76. The molecular formula is C20H12F3N5O. The Morgan fingerprint density at radius 2 is 1.86 bits per heavy atom. The largest absolute Gasteiger partial charge is 0.416 e. The number of pyridine rings is 2. The van der Waals surface area contributed by atoms with E-state index in [1.54, 1.807) is 24.3 Å². The number of halogens is 3. The fourth-order valence-corrected chi connectivity index (χ4v) is 2.79.